The fraction of sp³-hybridized carbons (Fsp3) is 0.462. The Balaban J connectivity index is 1.30. The van der Waals surface area contributed by atoms with Gasteiger partial charge in [0.05, 0.1) is 11.3 Å². The summed E-state index contributed by atoms with van der Waals surface area (Å²) < 4.78 is 17.2. The molecule has 1 saturated carbocycles. The van der Waals surface area contributed by atoms with Crippen LogP contribution in [0.15, 0.2) is 46.9 Å². The van der Waals surface area contributed by atoms with Crippen molar-refractivity contribution in [2.24, 2.45) is 0 Å². The van der Waals surface area contributed by atoms with Crippen molar-refractivity contribution in [1.29, 1.82) is 0 Å². The second-order valence-corrected chi connectivity index (χ2v) is 9.32. The number of likely N-dealkylation sites (tertiary alicyclic amines) is 1. The first-order chi connectivity index (χ1) is 15.7. The van der Waals surface area contributed by atoms with Gasteiger partial charge in [-0.2, -0.15) is 0 Å². The Morgan fingerprint density at radius 1 is 1.00 bits per heavy atom. The van der Waals surface area contributed by atoms with E-state index in [0.29, 0.717) is 6.54 Å². The van der Waals surface area contributed by atoms with E-state index >= 15 is 0 Å². The van der Waals surface area contributed by atoms with Crippen LogP contribution in [0.1, 0.15) is 62.3 Å². The van der Waals surface area contributed by atoms with Crippen molar-refractivity contribution < 1.29 is 18.7 Å². The van der Waals surface area contributed by atoms with Gasteiger partial charge in [0.2, 0.25) is 12.7 Å². The topological polar surface area (TPSA) is 64.8 Å². The molecule has 3 aliphatic rings. The third kappa shape index (κ3) is 3.24. The molecule has 1 atom stereocenters. The van der Waals surface area contributed by atoms with Crippen LogP contribution >= 0.6 is 0 Å². The normalized spacial score (nSPS) is 22.2. The van der Waals surface area contributed by atoms with Crippen molar-refractivity contribution >= 4 is 17.0 Å². The van der Waals surface area contributed by atoms with Gasteiger partial charge in [-0.15, -0.1) is 0 Å². The lowest BCUT2D eigenvalue weighted by Crippen LogP contribution is -2.51. The second kappa shape index (κ2) is 7.84. The van der Waals surface area contributed by atoms with Crippen molar-refractivity contribution in [2.45, 2.75) is 56.3 Å². The molecule has 2 aliphatic heterocycles. The van der Waals surface area contributed by atoms with E-state index in [4.69, 9.17) is 18.9 Å². The monoisotopic (exact) mass is 432 g/mol. The van der Waals surface area contributed by atoms with Crippen molar-refractivity contribution in [3.63, 3.8) is 0 Å². The van der Waals surface area contributed by atoms with E-state index in [0.717, 1.165) is 79.1 Å². The number of para-hydroxylation sites is 2. The van der Waals surface area contributed by atoms with Gasteiger partial charge in [-0.25, -0.2) is 4.98 Å². The first kappa shape index (κ1) is 19.6. The molecular formula is C26H28N2O4. The molecule has 1 aliphatic carbocycles. The molecule has 166 valence electrons. The van der Waals surface area contributed by atoms with E-state index in [1.807, 2.05) is 36.4 Å². The van der Waals surface area contributed by atoms with E-state index in [-0.39, 0.29) is 18.6 Å². The predicted octanol–water partition coefficient (Wildman–Crippen LogP) is 5.16. The molecule has 32 heavy (non-hydrogen) atoms. The van der Waals surface area contributed by atoms with Crippen LogP contribution in [0.2, 0.25) is 0 Å². The summed E-state index contributed by atoms with van der Waals surface area (Å²) in [5, 5.41) is 0. The predicted molar refractivity (Wildman–Crippen MR) is 120 cm³/mol. The molecule has 1 aromatic heterocycles. The van der Waals surface area contributed by atoms with Crippen LogP contribution in [0.25, 0.3) is 11.1 Å². The van der Waals surface area contributed by atoms with Crippen LogP contribution in [0.4, 0.5) is 0 Å². The molecule has 0 bridgehead atoms. The van der Waals surface area contributed by atoms with Gasteiger partial charge >= 0.3 is 0 Å². The van der Waals surface area contributed by atoms with E-state index in [1.54, 1.807) is 0 Å². The summed E-state index contributed by atoms with van der Waals surface area (Å²) in [5.74, 6) is 2.66. The molecule has 1 amide bonds. The summed E-state index contributed by atoms with van der Waals surface area (Å²) >= 11 is 0. The summed E-state index contributed by atoms with van der Waals surface area (Å²) in [5.41, 5.74) is 2.28. The van der Waals surface area contributed by atoms with Crippen LogP contribution in [-0.2, 0) is 10.2 Å². The highest BCUT2D eigenvalue weighted by molar-refractivity contribution is 5.89. The summed E-state index contributed by atoms with van der Waals surface area (Å²) in [6.45, 7) is 1.71. The third-order valence-electron chi connectivity index (χ3n) is 7.41. The maximum absolute atomic E-state index is 14.1. The van der Waals surface area contributed by atoms with Crippen LogP contribution in [0, 0.1) is 0 Å². The van der Waals surface area contributed by atoms with Crippen molar-refractivity contribution in [3.8, 4) is 11.5 Å². The number of hydrogen-bond donors (Lipinski definition) is 0. The summed E-state index contributed by atoms with van der Waals surface area (Å²) in [4.78, 5) is 20.9. The maximum Gasteiger partial charge on any atom is 0.233 e. The Labute approximate surface area is 187 Å². The van der Waals surface area contributed by atoms with Gasteiger partial charge in [-0.1, -0.05) is 37.5 Å². The number of fused-ring (bicyclic) bond motifs is 2. The van der Waals surface area contributed by atoms with Crippen LogP contribution < -0.4 is 9.47 Å². The number of oxazole rings is 1. The first-order valence-electron chi connectivity index (χ1n) is 11.8. The minimum Gasteiger partial charge on any atom is -0.454 e. The number of carbonyl (C=O) groups is 1. The molecule has 3 heterocycles. The molecular weight excluding hydrogens is 404 g/mol. The number of nitrogens with zero attached hydrogens (tertiary/aromatic N) is 2. The highest BCUT2D eigenvalue weighted by Gasteiger charge is 2.45. The molecule has 0 spiro atoms. The second-order valence-electron chi connectivity index (χ2n) is 9.32. The van der Waals surface area contributed by atoms with Crippen LogP contribution in [0.5, 0.6) is 11.5 Å². The zero-order valence-electron chi connectivity index (χ0n) is 18.2. The van der Waals surface area contributed by atoms with Crippen molar-refractivity contribution in [2.75, 3.05) is 19.9 Å². The minimum absolute atomic E-state index is 0.137. The van der Waals surface area contributed by atoms with Crippen LogP contribution in [-0.4, -0.2) is 35.7 Å². The number of carbonyl (C=O) groups excluding carboxylic acids is 1. The summed E-state index contributed by atoms with van der Waals surface area (Å²) in [6, 6.07) is 13.9. The fourth-order valence-electron chi connectivity index (χ4n) is 5.71. The van der Waals surface area contributed by atoms with Gasteiger partial charge in [0, 0.05) is 13.1 Å². The molecule has 0 radical (unpaired) electrons. The molecule has 6 rings (SSSR count). The largest absolute Gasteiger partial charge is 0.454 e. The molecule has 0 N–H and O–H groups in total. The minimum atomic E-state index is -0.484. The zero-order valence-corrected chi connectivity index (χ0v) is 18.2. The summed E-state index contributed by atoms with van der Waals surface area (Å²) in [6.07, 6.45) is 7.06. The number of benzene rings is 2. The number of piperidine rings is 1. The van der Waals surface area contributed by atoms with Gasteiger partial charge in [-0.05, 0) is 55.5 Å². The molecule has 3 aromatic rings. The number of ether oxygens (including phenoxy) is 2. The highest BCUT2D eigenvalue weighted by atomic mass is 16.7. The lowest BCUT2D eigenvalue weighted by atomic mass is 9.68. The number of hydrogen-bond acceptors (Lipinski definition) is 5. The quantitative estimate of drug-likeness (QED) is 0.572. The lowest BCUT2D eigenvalue weighted by Gasteiger charge is -2.42. The molecule has 1 saturated heterocycles. The average molecular weight is 433 g/mol. The number of aromatic nitrogens is 1. The van der Waals surface area contributed by atoms with E-state index in [9.17, 15) is 4.79 Å². The molecule has 6 nitrogen and oxygen atoms in total. The standard InChI is InChI=1S/C26H28N2O4/c29-25(26(12-4-1-5-13-26)19-10-11-22-23(15-19)31-17-30-22)28-14-6-7-18(16-28)24-27-20-8-2-3-9-21(20)32-24/h2-3,8-11,15,18H,1,4-7,12-14,16-17H2. The van der Waals surface area contributed by atoms with Gasteiger partial charge in [0.25, 0.3) is 0 Å². The van der Waals surface area contributed by atoms with Crippen molar-refractivity contribution in [3.05, 3.63) is 53.9 Å². The lowest BCUT2D eigenvalue weighted by molar-refractivity contribution is -0.140. The van der Waals surface area contributed by atoms with E-state index in [1.165, 1.54) is 6.42 Å². The highest BCUT2D eigenvalue weighted by Crippen LogP contribution is 2.45. The van der Waals surface area contributed by atoms with Gasteiger partial charge in [-0.3, -0.25) is 4.79 Å². The SMILES string of the molecule is O=C(N1CCCC(c2nc3ccccc3o2)C1)C1(c2ccc3c(c2)OCO3)CCCCC1. The van der Waals surface area contributed by atoms with E-state index in [2.05, 4.69) is 11.0 Å². The molecule has 2 fully saturated rings. The van der Waals surface area contributed by atoms with Gasteiger partial charge < -0.3 is 18.8 Å². The fourth-order valence-corrected chi connectivity index (χ4v) is 5.71. The Kier molecular flexibility index (Phi) is 4.81. The molecule has 6 heteroatoms. The number of amides is 1. The Hall–Kier alpha value is -3.02. The third-order valence-corrected chi connectivity index (χ3v) is 7.41. The first-order valence-corrected chi connectivity index (χ1v) is 11.8. The Bertz CT molecular complexity index is 1110. The van der Waals surface area contributed by atoms with Crippen molar-refractivity contribution in [1.82, 2.24) is 9.88 Å². The van der Waals surface area contributed by atoms with Crippen LogP contribution in [0.3, 0.4) is 0 Å². The zero-order chi connectivity index (χ0) is 21.5. The van der Waals surface area contributed by atoms with Gasteiger partial charge in [0.1, 0.15) is 5.52 Å². The maximum atomic E-state index is 14.1. The Morgan fingerprint density at radius 2 is 1.84 bits per heavy atom. The summed E-state index contributed by atoms with van der Waals surface area (Å²) in [7, 11) is 0. The Morgan fingerprint density at radius 3 is 2.72 bits per heavy atom. The number of rotatable bonds is 3. The van der Waals surface area contributed by atoms with Gasteiger partial charge in [0.15, 0.2) is 23.0 Å². The smallest absolute Gasteiger partial charge is 0.233 e. The average Bonchev–Trinajstić information content (AvgIpc) is 3.50. The van der Waals surface area contributed by atoms with E-state index < -0.39 is 5.41 Å². The molecule has 2 aromatic carbocycles. The molecule has 1 unspecified atom stereocenters.